The molecule has 0 radical (unpaired) electrons. The number of guanidine groups is 1. The van der Waals surface area contributed by atoms with Crippen molar-refractivity contribution in [2.75, 3.05) is 5.32 Å². The van der Waals surface area contributed by atoms with Crippen LogP contribution in [0.2, 0.25) is 0 Å². The Kier molecular flexibility index (Phi) is 4.48. The number of nitrogens with two attached hydrogens (primary N) is 1. The molecule has 0 heterocycles. The van der Waals surface area contributed by atoms with E-state index in [-0.39, 0.29) is 24.0 Å². The van der Waals surface area contributed by atoms with E-state index in [1.165, 1.54) is 41.5 Å². The molecule has 0 amide bonds. The third kappa shape index (κ3) is 2.94. The van der Waals surface area contributed by atoms with Gasteiger partial charge in [0.1, 0.15) is 0 Å². The summed E-state index contributed by atoms with van der Waals surface area (Å²) < 4.78 is 0. The normalized spacial score (nSPS) is 26.1. The Morgan fingerprint density at radius 3 is 2.72 bits per heavy atom. The average Bonchev–Trinajstić information content (AvgIpc) is 3.12. The van der Waals surface area contributed by atoms with E-state index in [1.54, 1.807) is 0 Å². The molecule has 1 fully saturated rings. The van der Waals surface area contributed by atoms with Crippen LogP contribution in [0.1, 0.15) is 41.0 Å². The van der Waals surface area contributed by atoms with Crippen LogP contribution in [0, 0.1) is 5.92 Å². The fraction of sp³-hybridized carbons (Fsp3) is 0.381. The molecule has 130 valence electrons. The van der Waals surface area contributed by atoms with E-state index in [1.807, 2.05) is 0 Å². The summed E-state index contributed by atoms with van der Waals surface area (Å²) in [5, 5.41) is 3.38. The van der Waals surface area contributed by atoms with Gasteiger partial charge in [-0.3, -0.25) is 0 Å². The van der Waals surface area contributed by atoms with Crippen molar-refractivity contribution in [2.45, 2.75) is 44.1 Å². The molecule has 2 aromatic rings. The van der Waals surface area contributed by atoms with Crippen molar-refractivity contribution in [1.29, 1.82) is 0 Å². The number of hydrogen-bond donors (Lipinski definition) is 2. The van der Waals surface area contributed by atoms with E-state index >= 15 is 0 Å². The van der Waals surface area contributed by atoms with E-state index in [2.05, 4.69) is 47.8 Å². The molecule has 4 heteroatoms. The molecule has 0 aromatic heterocycles. The molecule has 3 atom stereocenters. The zero-order valence-electron chi connectivity index (χ0n) is 14.2. The van der Waals surface area contributed by atoms with Gasteiger partial charge in [-0.2, -0.15) is 0 Å². The summed E-state index contributed by atoms with van der Waals surface area (Å²) in [5.74, 6) is 1.82. The Bertz CT molecular complexity index is 830. The minimum absolute atomic E-state index is 0. The van der Waals surface area contributed by atoms with Gasteiger partial charge in [0, 0.05) is 11.6 Å². The van der Waals surface area contributed by atoms with Gasteiger partial charge in [-0.05, 0) is 66.3 Å². The number of aryl methyl sites for hydroxylation is 1. The van der Waals surface area contributed by atoms with E-state index in [0.717, 1.165) is 18.5 Å². The van der Waals surface area contributed by atoms with Crippen molar-refractivity contribution in [1.82, 2.24) is 0 Å². The third-order valence-electron chi connectivity index (χ3n) is 5.94. The van der Waals surface area contributed by atoms with Gasteiger partial charge in [0.25, 0.3) is 0 Å². The molecule has 0 bridgehead atoms. The third-order valence-corrected chi connectivity index (χ3v) is 5.94. The molecule has 3 aliphatic carbocycles. The molecule has 3 unspecified atom stereocenters. The Morgan fingerprint density at radius 2 is 1.80 bits per heavy atom. The lowest BCUT2D eigenvalue weighted by Crippen LogP contribution is -2.25. The highest BCUT2D eigenvalue weighted by molar-refractivity contribution is 14.0. The largest absolute Gasteiger partial charge is 0.370 e. The molecule has 3 nitrogen and oxygen atoms in total. The van der Waals surface area contributed by atoms with Gasteiger partial charge in [-0.25, -0.2) is 4.99 Å². The van der Waals surface area contributed by atoms with Gasteiger partial charge in [-0.1, -0.05) is 36.4 Å². The summed E-state index contributed by atoms with van der Waals surface area (Å²) in [5.41, 5.74) is 13.3. The first-order chi connectivity index (χ1) is 11.8. The van der Waals surface area contributed by atoms with Gasteiger partial charge in [0.2, 0.25) is 0 Å². The summed E-state index contributed by atoms with van der Waals surface area (Å²) in [6, 6.07) is 15.7. The van der Waals surface area contributed by atoms with Crippen LogP contribution in [0.4, 0.5) is 5.69 Å². The van der Waals surface area contributed by atoms with Crippen molar-refractivity contribution in [3.8, 4) is 0 Å². The van der Waals surface area contributed by atoms with Crippen molar-refractivity contribution >= 4 is 35.6 Å². The second kappa shape index (κ2) is 6.63. The highest BCUT2D eigenvalue weighted by Crippen LogP contribution is 2.58. The van der Waals surface area contributed by atoms with Crippen LogP contribution in [0.5, 0.6) is 0 Å². The summed E-state index contributed by atoms with van der Waals surface area (Å²) >= 11 is 0. The monoisotopic (exact) mass is 445 g/mol. The highest BCUT2D eigenvalue weighted by Gasteiger charge is 2.55. The molecule has 25 heavy (non-hydrogen) atoms. The Hall–Kier alpha value is -1.56. The van der Waals surface area contributed by atoms with Gasteiger partial charge >= 0.3 is 0 Å². The molecule has 0 spiro atoms. The Labute approximate surface area is 166 Å². The quantitative estimate of drug-likeness (QED) is 0.413. The number of nitrogens with one attached hydrogen (secondary N) is 1. The highest BCUT2D eigenvalue weighted by atomic mass is 127. The summed E-state index contributed by atoms with van der Waals surface area (Å²) in [6.45, 7) is 0. The molecule has 3 N–H and O–H groups in total. The summed E-state index contributed by atoms with van der Waals surface area (Å²) in [4.78, 5) is 4.80. The minimum atomic E-state index is 0. The van der Waals surface area contributed by atoms with Crippen molar-refractivity contribution in [3.63, 3.8) is 0 Å². The van der Waals surface area contributed by atoms with Crippen LogP contribution in [0.15, 0.2) is 47.5 Å². The van der Waals surface area contributed by atoms with Gasteiger partial charge in [0.15, 0.2) is 5.96 Å². The van der Waals surface area contributed by atoms with E-state index in [9.17, 15) is 0 Å². The average molecular weight is 445 g/mol. The second-order valence-corrected chi connectivity index (χ2v) is 7.37. The lowest BCUT2D eigenvalue weighted by Gasteiger charge is -2.20. The fourth-order valence-electron chi connectivity index (χ4n) is 4.72. The minimum Gasteiger partial charge on any atom is -0.370 e. The van der Waals surface area contributed by atoms with Crippen LogP contribution in [0.25, 0.3) is 0 Å². The first-order valence-electron chi connectivity index (χ1n) is 9.10. The molecule has 0 aliphatic heterocycles. The molecule has 2 aromatic carbocycles. The van der Waals surface area contributed by atoms with Gasteiger partial charge in [-0.15, -0.1) is 24.0 Å². The topological polar surface area (TPSA) is 50.4 Å². The predicted octanol–water partition coefficient (Wildman–Crippen LogP) is 4.25. The molecule has 3 aliphatic rings. The molecule has 5 rings (SSSR count). The van der Waals surface area contributed by atoms with E-state index < -0.39 is 0 Å². The molecule has 1 saturated carbocycles. The smallest absolute Gasteiger partial charge is 0.193 e. The number of benzene rings is 2. The van der Waals surface area contributed by atoms with E-state index in [0.29, 0.717) is 23.8 Å². The van der Waals surface area contributed by atoms with Crippen molar-refractivity contribution in [3.05, 3.63) is 64.7 Å². The first kappa shape index (κ1) is 16.9. The summed E-state index contributed by atoms with van der Waals surface area (Å²) in [7, 11) is 0. The van der Waals surface area contributed by atoms with E-state index in [4.69, 9.17) is 10.7 Å². The van der Waals surface area contributed by atoms with Crippen LogP contribution in [0.3, 0.4) is 0 Å². The maximum Gasteiger partial charge on any atom is 0.193 e. The number of hydrogen-bond acceptors (Lipinski definition) is 1. The first-order valence-corrected chi connectivity index (χ1v) is 9.10. The lowest BCUT2D eigenvalue weighted by molar-refractivity contribution is 0.687. The number of aliphatic imine (C=N–C) groups is 1. The standard InChI is InChI=1S/C21H23N3.HI/c22-21(23-18-11-5-8-13-6-1-3-9-15(13)18)24-20-17-12-14-7-2-4-10-16(14)19(17)20;/h2,4-5,7-8,10-11,17,19-20H,1,3,6,9,12H2,(H3,22,23,24);1H. The van der Waals surface area contributed by atoms with Crippen LogP contribution in [-0.2, 0) is 19.3 Å². The van der Waals surface area contributed by atoms with Crippen molar-refractivity contribution < 1.29 is 0 Å². The Balaban J connectivity index is 0.00000157. The second-order valence-electron chi connectivity index (χ2n) is 7.37. The molecule has 0 saturated heterocycles. The van der Waals surface area contributed by atoms with Gasteiger partial charge in [0.05, 0.1) is 6.04 Å². The molecular formula is C21H24IN3. The van der Waals surface area contributed by atoms with Crippen LogP contribution < -0.4 is 11.1 Å². The number of rotatable bonds is 2. The zero-order chi connectivity index (χ0) is 16.1. The maximum atomic E-state index is 6.24. The Morgan fingerprint density at radius 1 is 1.00 bits per heavy atom. The fourth-order valence-corrected chi connectivity index (χ4v) is 4.72. The lowest BCUT2D eigenvalue weighted by atomic mass is 9.90. The number of halogens is 1. The number of fused-ring (bicyclic) bond motifs is 4. The number of nitrogens with zero attached hydrogens (tertiary/aromatic N) is 1. The van der Waals surface area contributed by atoms with Crippen molar-refractivity contribution in [2.24, 2.45) is 16.6 Å². The maximum absolute atomic E-state index is 6.24. The van der Waals surface area contributed by atoms with Crippen LogP contribution >= 0.6 is 24.0 Å². The summed E-state index contributed by atoms with van der Waals surface area (Å²) in [6.07, 6.45) is 6.06. The van der Waals surface area contributed by atoms with Gasteiger partial charge < -0.3 is 11.1 Å². The van der Waals surface area contributed by atoms with Crippen LogP contribution in [-0.4, -0.2) is 12.0 Å². The number of anilines is 1. The molecular weight excluding hydrogens is 421 g/mol. The zero-order valence-corrected chi connectivity index (χ0v) is 16.6. The SMILES string of the molecule is I.NC(=NC1C2Cc3ccccc3C21)Nc1cccc2c1CCCC2. The predicted molar refractivity (Wildman–Crippen MR) is 114 cm³/mol.